The van der Waals surface area contributed by atoms with Gasteiger partial charge >= 0.3 is 5.97 Å². The Morgan fingerprint density at radius 2 is 2.28 bits per heavy atom. The molecule has 0 aromatic heterocycles. The predicted molar refractivity (Wildman–Crippen MR) is 64.8 cm³/mol. The summed E-state index contributed by atoms with van der Waals surface area (Å²) in [5, 5.41) is 11.4. The molecule has 1 heterocycles. The number of carbonyl (C=O) groups excluding carboxylic acids is 1. The molecule has 0 bridgehead atoms. The third kappa shape index (κ3) is 2.45. The minimum atomic E-state index is -1.02. The van der Waals surface area contributed by atoms with E-state index in [0.29, 0.717) is 18.6 Å². The van der Waals surface area contributed by atoms with Crippen LogP contribution in [0.2, 0.25) is 0 Å². The Kier molecular flexibility index (Phi) is 3.50. The molecule has 1 aromatic carbocycles. The lowest BCUT2D eigenvalue weighted by molar-refractivity contribution is -0.139. The molecule has 96 valence electrons. The van der Waals surface area contributed by atoms with E-state index in [2.05, 4.69) is 5.32 Å². The van der Waals surface area contributed by atoms with E-state index in [1.165, 1.54) is 0 Å². The molecule has 2 N–H and O–H groups in total. The Morgan fingerprint density at radius 1 is 1.50 bits per heavy atom. The molecule has 1 aromatic rings. The molecule has 1 amide bonds. The first-order chi connectivity index (χ1) is 8.61. The van der Waals surface area contributed by atoms with Gasteiger partial charge in [-0.3, -0.25) is 4.79 Å². The molecular formula is C13H15NO4. The maximum atomic E-state index is 11.9. The zero-order chi connectivity index (χ0) is 13.1. The number of hydrogen-bond acceptors (Lipinski definition) is 3. The Hall–Kier alpha value is -2.04. The van der Waals surface area contributed by atoms with Crippen LogP contribution in [0.15, 0.2) is 18.2 Å². The number of amides is 1. The lowest BCUT2D eigenvalue weighted by Gasteiger charge is -2.12. The summed E-state index contributed by atoms with van der Waals surface area (Å²) in [7, 11) is 0. The Morgan fingerprint density at radius 3 is 2.94 bits per heavy atom. The van der Waals surface area contributed by atoms with Crippen molar-refractivity contribution in [2.75, 3.05) is 6.61 Å². The highest BCUT2D eigenvalue weighted by molar-refractivity contribution is 5.96. The van der Waals surface area contributed by atoms with Gasteiger partial charge in [0.05, 0.1) is 6.61 Å². The van der Waals surface area contributed by atoms with Crippen LogP contribution in [0.5, 0.6) is 5.75 Å². The predicted octanol–water partition coefficient (Wildman–Crippen LogP) is 1.21. The first-order valence-corrected chi connectivity index (χ1v) is 5.91. The summed E-state index contributed by atoms with van der Waals surface area (Å²) in [4.78, 5) is 22.8. The number of carboxylic acids is 1. The largest absolute Gasteiger partial charge is 0.493 e. The van der Waals surface area contributed by atoms with Gasteiger partial charge in [-0.05, 0) is 30.2 Å². The van der Waals surface area contributed by atoms with Crippen molar-refractivity contribution in [2.45, 2.75) is 25.8 Å². The number of benzene rings is 1. The lowest BCUT2D eigenvalue weighted by Crippen LogP contribution is -2.40. The summed E-state index contributed by atoms with van der Waals surface area (Å²) in [6, 6.07) is 4.31. The van der Waals surface area contributed by atoms with Gasteiger partial charge in [-0.15, -0.1) is 0 Å². The molecule has 1 atom stereocenters. The highest BCUT2D eigenvalue weighted by Gasteiger charge is 2.20. The number of aliphatic carboxylic acids is 1. The van der Waals surface area contributed by atoms with Crippen molar-refractivity contribution in [3.05, 3.63) is 29.3 Å². The fraction of sp³-hybridized carbons (Fsp3) is 0.385. The Labute approximate surface area is 105 Å². The number of nitrogens with one attached hydrogen (secondary N) is 1. The molecule has 0 saturated carbocycles. The number of fused-ring (bicyclic) bond motifs is 1. The second kappa shape index (κ2) is 5.08. The maximum Gasteiger partial charge on any atom is 0.326 e. The van der Waals surface area contributed by atoms with Gasteiger partial charge in [0, 0.05) is 12.0 Å². The SMILES string of the molecule is CC[C@@H](NC(=O)c1ccc2c(c1)CCO2)C(=O)O. The van der Waals surface area contributed by atoms with Crippen LogP contribution in [-0.2, 0) is 11.2 Å². The van der Waals surface area contributed by atoms with E-state index in [9.17, 15) is 9.59 Å². The number of hydrogen-bond donors (Lipinski definition) is 2. The van der Waals surface area contributed by atoms with Crippen LogP contribution in [0.3, 0.4) is 0 Å². The minimum absolute atomic E-state index is 0.356. The van der Waals surface area contributed by atoms with E-state index < -0.39 is 12.0 Å². The smallest absolute Gasteiger partial charge is 0.326 e. The van der Waals surface area contributed by atoms with Gasteiger partial charge in [0.2, 0.25) is 0 Å². The van der Waals surface area contributed by atoms with Crippen molar-refractivity contribution >= 4 is 11.9 Å². The molecule has 5 nitrogen and oxygen atoms in total. The third-order valence-corrected chi connectivity index (χ3v) is 2.96. The van der Waals surface area contributed by atoms with Crippen LogP contribution < -0.4 is 10.1 Å². The van der Waals surface area contributed by atoms with Crippen molar-refractivity contribution in [1.29, 1.82) is 0 Å². The van der Waals surface area contributed by atoms with Crippen molar-refractivity contribution in [3.63, 3.8) is 0 Å². The molecule has 5 heteroatoms. The van der Waals surface area contributed by atoms with Gasteiger partial charge in [-0.1, -0.05) is 6.92 Å². The first kappa shape index (κ1) is 12.4. The zero-order valence-electron chi connectivity index (χ0n) is 10.1. The summed E-state index contributed by atoms with van der Waals surface area (Å²) in [5.41, 5.74) is 1.46. The van der Waals surface area contributed by atoms with Gasteiger partial charge in [-0.2, -0.15) is 0 Å². The molecule has 0 fully saturated rings. The van der Waals surface area contributed by atoms with E-state index in [0.717, 1.165) is 17.7 Å². The van der Waals surface area contributed by atoms with Crippen LogP contribution in [0, 0.1) is 0 Å². The van der Waals surface area contributed by atoms with E-state index in [-0.39, 0.29) is 5.91 Å². The molecule has 0 spiro atoms. The van der Waals surface area contributed by atoms with Crippen LogP contribution in [-0.4, -0.2) is 29.6 Å². The van der Waals surface area contributed by atoms with Crippen LogP contribution in [0.4, 0.5) is 0 Å². The number of carboxylic acid groups (broad SMARTS) is 1. The zero-order valence-corrected chi connectivity index (χ0v) is 10.1. The number of rotatable bonds is 4. The fourth-order valence-corrected chi connectivity index (χ4v) is 1.91. The summed E-state index contributed by atoms with van der Waals surface area (Å²) in [6.07, 6.45) is 1.14. The van der Waals surface area contributed by atoms with Crippen molar-refractivity contribution in [2.24, 2.45) is 0 Å². The molecule has 1 aliphatic heterocycles. The summed E-state index contributed by atoms with van der Waals surface area (Å²) in [6.45, 7) is 2.35. The van der Waals surface area contributed by atoms with Crippen molar-refractivity contribution < 1.29 is 19.4 Å². The van der Waals surface area contributed by atoms with E-state index in [1.807, 2.05) is 0 Å². The van der Waals surface area contributed by atoms with Crippen molar-refractivity contribution in [1.82, 2.24) is 5.32 Å². The lowest BCUT2D eigenvalue weighted by atomic mass is 10.1. The summed E-state index contributed by atoms with van der Waals surface area (Å²) < 4.78 is 5.35. The molecule has 0 saturated heterocycles. The molecule has 0 unspecified atom stereocenters. The monoisotopic (exact) mass is 249 g/mol. The van der Waals surface area contributed by atoms with Crippen LogP contribution in [0.1, 0.15) is 29.3 Å². The van der Waals surface area contributed by atoms with Gasteiger partial charge in [0.15, 0.2) is 0 Å². The summed E-state index contributed by atoms with van der Waals surface area (Å²) >= 11 is 0. The minimum Gasteiger partial charge on any atom is -0.493 e. The topological polar surface area (TPSA) is 75.6 Å². The second-order valence-electron chi connectivity index (χ2n) is 4.19. The van der Waals surface area contributed by atoms with Crippen LogP contribution >= 0.6 is 0 Å². The molecular weight excluding hydrogens is 234 g/mol. The molecule has 0 aliphatic carbocycles. The summed E-state index contributed by atoms with van der Waals surface area (Å²) in [5.74, 6) is -0.578. The Balaban J connectivity index is 2.12. The van der Waals surface area contributed by atoms with Crippen LogP contribution in [0.25, 0.3) is 0 Å². The van der Waals surface area contributed by atoms with Crippen molar-refractivity contribution in [3.8, 4) is 5.75 Å². The average Bonchev–Trinajstić information content (AvgIpc) is 2.82. The second-order valence-corrected chi connectivity index (χ2v) is 4.19. The van der Waals surface area contributed by atoms with Gasteiger partial charge in [0.1, 0.15) is 11.8 Å². The van der Waals surface area contributed by atoms with Gasteiger partial charge in [0.25, 0.3) is 5.91 Å². The highest BCUT2D eigenvalue weighted by atomic mass is 16.5. The maximum absolute atomic E-state index is 11.9. The third-order valence-electron chi connectivity index (χ3n) is 2.96. The Bertz CT molecular complexity index is 484. The molecule has 2 rings (SSSR count). The fourth-order valence-electron chi connectivity index (χ4n) is 1.91. The van der Waals surface area contributed by atoms with E-state index in [4.69, 9.17) is 9.84 Å². The number of carbonyl (C=O) groups is 2. The van der Waals surface area contributed by atoms with E-state index in [1.54, 1.807) is 25.1 Å². The standard InChI is InChI=1S/C13H15NO4/c1-2-10(13(16)17)14-12(15)9-3-4-11-8(7-9)5-6-18-11/h3-4,7,10H,2,5-6H2,1H3,(H,14,15)(H,16,17)/t10-/m1/s1. The number of ether oxygens (including phenoxy) is 1. The highest BCUT2D eigenvalue weighted by Crippen LogP contribution is 2.25. The van der Waals surface area contributed by atoms with Gasteiger partial charge in [-0.25, -0.2) is 4.79 Å². The molecule has 18 heavy (non-hydrogen) atoms. The quantitative estimate of drug-likeness (QED) is 0.841. The normalized spacial score (nSPS) is 14.5. The first-order valence-electron chi connectivity index (χ1n) is 5.91. The molecule has 1 aliphatic rings. The average molecular weight is 249 g/mol. The van der Waals surface area contributed by atoms with Gasteiger partial charge < -0.3 is 15.2 Å². The van der Waals surface area contributed by atoms with E-state index >= 15 is 0 Å². The molecule has 0 radical (unpaired) electrons.